The molecule has 2 aromatic heterocycles. The number of fused-ring (bicyclic) bond motifs is 1. The summed E-state index contributed by atoms with van der Waals surface area (Å²) < 4.78 is 38.5. The van der Waals surface area contributed by atoms with E-state index in [0.717, 1.165) is 6.04 Å². The number of hydrogen-bond acceptors (Lipinski definition) is 7. The Hall–Kier alpha value is -2.05. The molecule has 186 valence electrons. The van der Waals surface area contributed by atoms with Gasteiger partial charge in [0.15, 0.2) is 10.4 Å². The summed E-state index contributed by atoms with van der Waals surface area (Å²) in [6, 6.07) is 2.83. The fourth-order valence-corrected chi connectivity index (χ4v) is 6.71. The first-order chi connectivity index (χ1) is 16.0. The van der Waals surface area contributed by atoms with E-state index in [4.69, 9.17) is 14.6 Å². The van der Waals surface area contributed by atoms with E-state index in [0.29, 0.717) is 48.7 Å². The van der Waals surface area contributed by atoms with E-state index in [-0.39, 0.29) is 19.2 Å². The van der Waals surface area contributed by atoms with E-state index >= 15 is 0 Å². The third-order valence-electron chi connectivity index (χ3n) is 6.56. The van der Waals surface area contributed by atoms with Crippen molar-refractivity contribution in [3.63, 3.8) is 0 Å². The Balaban J connectivity index is 1.76. The van der Waals surface area contributed by atoms with Gasteiger partial charge in [-0.1, -0.05) is 31.8 Å². The van der Waals surface area contributed by atoms with Gasteiger partial charge in [-0.2, -0.15) is 5.10 Å². The van der Waals surface area contributed by atoms with Crippen molar-refractivity contribution in [1.82, 2.24) is 19.7 Å². The highest BCUT2D eigenvalue weighted by molar-refractivity contribution is 7.90. The van der Waals surface area contributed by atoms with Crippen LogP contribution < -0.4 is 5.14 Å². The molecule has 34 heavy (non-hydrogen) atoms. The average Bonchev–Trinajstić information content (AvgIpc) is 3.19. The summed E-state index contributed by atoms with van der Waals surface area (Å²) in [5.74, 6) is 0. The van der Waals surface area contributed by atoms with Crippen LogP contribution in [0.25, 0.3) is 11.0 Å². The molecule has 3 heterocycles. The number of ether oxygens (including phenoxy) is 2. The summed E-state index contributed by atoms with van der Waals surface area (Å²) in [7, 11) is -5.28. The van der Waals surface area contributed by atoms with Gasteiger partial charge in [-0.3, -0.25) is 0 Å². The van der Waals surface area contributed by atoms with Gasteiger partial charge in [0.1, 0.15) is 6.73 Å². The largest absolute Gasteiger partial charge is 0.377 e. The lowest BCUT2D eigenvalue weighted by Gasteiger charge is -2.45. The highest BCUT2D eigenvalue weighted by Gasteiger charge is 2.51. The van der Waals surface area contributed by atoms with Crippen LogP contribution in [0.4, 0.5) is 0 Å². The standard InChI is InChI=1S/C23H35N5O4SSi/c1-18-16-31-12-11-27(18)21-7-5-6-9-23(21,33(24,29)30)20-8-10-25-22-19(20)15-26-28(22)17-32-13-14-34(2,3)4/h5-8,10,15,18H,9,11-14,16-17H2,1-4H3,(H2,24,29,30). The minimum atomic E-state index is -4.08. The zero-order valence-corrected chi connectivity index (χ0v) is 22.2. The maximum atomic E-state index is 13.4. The first kappa shape index (κ1) is 25.1. The minimum absolute atomic E-state index is 0.0208. The Labute approximate surface area is 202 Å². The maximum absolute atomic E-state index is 13.4. The molecule has 2 aromatic rings. The second kappa shape index (κ2) is 9.54. The van der Waals surface area contributed by atoms with Crippen molar-refractivity contribution in [1.29, 1.82) is 0 Å². The van der Waals surface area contributed by atoms with Gasteiger partial charge in [0.2, 0.25) is 10.0 Å². The zero-order valence-electron chi connectivity index (χ0n) is 20.4. The van der Waals surface area contributed by atoms with E-state index in [1.807, 2.05) is 25.2 Å². The number of hydrogen-bond donors (Lipinski definition) is 1. The van der Waals surface area contributed by atoms with Crippen molar-refractivity contribution >= 4 is 29.1 Å². The predicted octanol–water partition coefficient (Wildman–Crippen LogP) is 2.79. The van der Waals surface area contributed by atoms with Crippen molar-refractivity contribution in [3.8, 4) is 0 Å². The van der Waals surface area contributed by atoms with Crippen LogP contribution in [0, 0.1) is 0 Å². The molecule has 1 fully saturated rings. The minimum Gasteiger partial charge on any atom is -0.377 e. The summed E-state index contributed by atoms with van der Waals surface area (Å²) in [5, 5.41) is 11.2. The van der Waals surface area contributed by atoms with Crippen LogP contribution in [0.2, 0.25) is 25.7 Å². The van der Waals surface area contributed by atoms with Gasteiger partial charge in [0.05, 0.1) is 19.4 Å². The van der Waals surface area contributed by atoms with Crippen molar-refractivity contribution in [2.45, 2.75) is 56.5 Å². The van der Waals surface area contributed by atoms with E-state index in [2.05, 4.69) is 34.6 Å². The van der Waals surface area contributed by atoms with Gasteiger partial charge in [0.25, 0.3) is 0 Å². The van der Waals surface area contributed by atoms with Crippen LogP contribution in [-0.4, -0.2) is 68.6 Å². The lowest BCUT2D eigenvalue weighted by atomic mass is 9.85. The molecule has 11 heteroatoms. The van der Waals surface area contributed by atoms with Gasteiger partial charge in [-0.25, -0.2) is 23.2 Å². The Morgan fingerprint density at radius 1 is 1.35 bits per heavy atom. The molecule has 0 aromatic carbocycles. The van der Waals surface area contributed by atoms with Crippen molar-refractivity contribution < 1.29 is 17.9 Å². The smallest absolute Gasteiger partial charge is 0.225 e. The van der Waals surface area contributed by atoms with E-state index in [1.165, 1.54) is 0 Å². The quantitative estimate of drug-likeness (QED) is 0.434. The maximum Gasteiger partial charge on any atom is 0.225 e. The molecule has 0 saturated carbocycles. The molecule has 0 spiro atoms. The highest BCUT2D eigenvalue weighted by atomic mass is 32.2. The number of nitrogens with two attached hydrogens (primary N) is 1. The molecule has 2 N–H and O–H groups in total. The predicted molar refractivity (Wildman–Crippen MR) is 135 cm³/mol. The summed E-state index contributed by atoms with van der Waals surface area (Å²) in [5.41, 5.74) is 1.83. The van der Waals surface area contributed by atoms with E-state index in [9.17, 15) is 8.42 Å². The Morgan fingerprint density at radius 2 is 2.15 bits per heavy atom. The molecule has 1 aliphatic carbocycles. The molecule has 1 aliphatic heterocycles. The number of sulfonamides is 1. The molecule has 2 atom stereocenters. The van der Waals surface area contributed by atoms with Crippen LogP contribution in [0.3, 0.4) is 0 Å². The van der Waals surface area contributed by atoms with Crippen molar-refractivity contribution in [2.24, 2.45) is 5.14 Å². The lowest BCUT2D eigenvalue weighted by Crippen LogP contribution is -2.53. The molecule has 9 nitrogen and oxygen atoms in total. The van der Waals surface area contributed by atoms with E-state index < -0.39 is 22.8 Å². The number of allylic oxidation sites excluding steroid dienone is 3. The average molecular weight is 506 g/mol. The van der Waals surface area contributed by atoms with Gasteiger partial charge in [-0.05, 0) is 37.1 Å². The summed E-state index contributed by atoms with van der Waals surface area (Å²) in [6.45, 7) is 11.5. The Bertz CT molecular complexity index is 1200. The molecule has 0 amide bonds. The topological polar surface area (TPSA) is 113 Å². The van der Waals surface area contributed by atoms with Crippen LogP contribution >= 0.6 is 0 Å². The molecule has 2 unspecified atom stereocenters. The van der Waals surface area contributed by atoms with Crippen molar-refractivity contribution in [2.75, 3.05) is 26.4 Å². The number of rotatable bonds is 8. The summed E-state index contributed by atoms with van der Waals surface area (Å²) >= 11 is 0. The van der Waals surface area contributed by atoms with Gasteiger partial charge < -0.3 is 14.4 Å². The highest BCUT2D eigenvalue weighted by Crippen LogP contribution is 2.46. The molecular formula is C23H35N5O4SSi. The summed E-state index contributed by atoms with van der Waals surface area (Å²) in [4.78, 5) is 6.62. The fourth-order valence-electron chi connectivity index (χ4n) is 4.66. The molecule has 0 radical (unpaired) electrons. The fraction of sp³-hybridized carbons (Fsp3) is 0.565. The molecule has 0 bridgehead atoms. The van der Waals surface area contributed by atoms with Gasteiger partial charge >= 0.3 is 0 Å². The normalized spacial score (nSPS) is 24.0. The molecule has 2 aliphatic rings. The van der Waals surface area contributed by atoms with Crippen LogP contribution in [0.5, 0.6) is 0 Å². The number of nitrogens with zero attached hydrogens (tertiary/aromatic N) is 4. The summed E-state index contributed by atoms with van der Waals surface area (Å²) in [6.07, 6.45) is 9.16. The molecule has 4 rings (SSSR count). The van der Waals surface area contributed by atoms with Crippen LogP contribution in [-0.2, 0) is 31.0 Å². The second-order valence-corrected chi connectivity index (χ2v) is 17.7. The van der Waals surface area contributed by atoms with Crippen LogP contribution in [0.15, 0.2) is 42.4 Å². The van der Waals surface area contributed by atoms with Crippen molar-refractivity contribution in [3.05, 3.63) is 47.9 Å². The number of morpholine rings is 1. The number of aromatic nitrogens is 3. The molecular weight excluding hydrogens is 470 g/mol. The third-order valence-corrected chi connectivity index (χ3v) is 9.83. The number of primary sulfonamides is 1. The Morgan fingerprint density at radius 3 is 2.85 bits per heavy atom. The lowest BCUT2D eigenvalue weighted by molar-refractivity contribution is 0.0125. The van der Waals surface area contributed by atoms with Gasteiger partial charge in [0, 0.05) is 44.5 Å². The first-order valence-electron chi connectivity index (χ1n) is 11.7. The van der Waals surface area contributed by atoms with E-state index in [1.54, 1.807) is 23.1 Å². The number of pyridine rings is 1. The zero-order chi connectivity index (χ0) is 24.6. The monoisotopic (exact) mass is 505 g/mol. The Kier molecular flexibility index (Phi) is 7.03. The van der Waals surface area contributed by atoms with Crippen LogP contribution in [0.1, 0.15) is 18.9 Å². The first-order valence-corrected chi connectivity index (χ1v) is 16.9. The molecule has 1 saturated heterocycles. The third kappa shape index (κ3) is 4.72. The second-order valence-electron chi connectivity index (χ2n) is 10.3. The SMILES string of the molecule is CC1COCCN1C1=CC=CCC1(c1ccnc2c1cnn2COCC[Si](C)(C)C)S(N)(=O)=O. The van der Waals surface area contributed by atoms with Gasteiger partial charge in [-0.15, -0.1) is 0 Å².